The fourth-order valence-electron chi connectivity index (χ4n) is 1.35. The normalized spacial score (nSPS) is 9.78. The highest BCUT2D eigenvalue weighted by molar-refractivity contribution is 5.95. The van der Waals surface area contributed by atoms with E-state index in [9.17, 15) is 14.0 Å². The van der Waals surface area contributed by atoms with Crippen molar-refractivity contribution in [2.45, 2.75) is 0 Å². The number of nitrogens with zero attached hydrogens (tertiary/aromatic N) is 1. The third-order valence-corrected chi connectivity index (χ3v) is 2.34. The van der Waals surface area contributed by atoms with E-state index < -0.39 is 17.7 Å². The molecule has 0 saturated heterocycles. The van der Waals surface area contributed by atoms with Crippen molar-refractivity contribution in [2.75, 3.05) is 27.8 Å². The molecule has 0 aliphatic heterocycles. The maximum Gasteiger partial charge on any atom is 0.325 e. The number of carbonyl (C=O) groups excluding carboxylic acids is 2. The number of amides is 1. The lowest BCUT2D eigenvalue weighted by Crippen LogP contribution is -2.32. The summed E-state index contributed by atoms with van der Waals surface area (Å²) < 4.78 is 22.6. The molecule has 0 aliphatic carbocycles. The van der Waals surface area contributed by atoms with Crippen LogP contribution in [0.2, 0.25) is 0 Å². The average Bonchev–Trinajstić information content (AvgIpc) is 2.37. The third kappa shape index (κ3) is 3.19. The van der Waals surface area contributed by atoms with Gasteiger partial charge in [0.05, 0.1) is 14.2 Å². The van der Waals surface area contributed by atoms with Crippen LogP contribution in [-0.2, 0) is 9.53 Å². The van der Waals surface area contributed by atoms with Gasteiger partial charge in [0.25, 0.3) is 5.91 Å². The predicted octanol–water partition coefficient (Wildman–Crippen LogP) is 1.08. The number of benzene rings is 1. The molecule has 6 heteroatoms. The smallest absolute Gasteiger partial charge is 0.325 e. The number of rotatable bonds is 4. The summed E-state index contributed by atoms with van der Waals surface area (Å²) in [6.07, 6.45) is 0. The molecule has 1 aromatic carbocycles. The zero-order valence-electron chi connectivity index (χ0n) is 10.4. The van der Waals surface area contributed by atoms with Crippen molar-refractivity contribution >= 4 is 11.9 Å². The summed E-state index contributed by atoms with van der Waals surface area (Å²) in [6.45, 7) is -0.191. The molecule has 5 nitrogen and oxygen atoms in total. The van der Waals surface area contributed by atoms with Gasteiger partial charge in [-0.2, -0.15) is 0 Å². The lowest BCUT2D eigenvalue weighted by Gasteiger charge is -2.15. The second-order valence-corrected chi connectivity index (χ2v) is 3.59. The van der Waals surface area contributed by atoms with Crippen LogP contribution in [0.1, 0.15) is 10.4 Å². The monoisotopic (exact) mass is 255 g/mol. The Labute approximate surface area is 104 Å². The van der Waals surface area contributed by atoms with Crippen LogP contribution in [0.4, 0.5) is 4.39 Å². The van der Waals surface area contributed by atoms with Crippen LogP contribution in [0.25, 0.3) is 0 Å². The first-order valence-corrected chi connectivity index (χ1v) is 5.15. The van der Waals surface area contributed by atoms with Gasteiger partial charge in [-0.25, -0.2) is 4.39 Å². The predicted molar refractivity (Wildman–Crippen MR) is 61.9 cm³/mol. The molecule has 0 atom stereocenters. The van der Waals surface area contributed by atoms with E-state index in [1.165, 1.54) is 33.4 Å². The van der Waals surface area contributed by atoms with Crippen LogP contribution in [0.5, 0.6) is 5.75 Å². The highest BCUT2D eigenvalue weighted by Gasteiger charge is 2.16. The van der Waals surface area contributed by atoms with Gasteiger partial charge in [0.1, 0.15) is 6.54 Å². The number of hydrogen-bond donors (Lipinski definition) is 0. The zero-order chi connectivity index (χ0) is 13.7. The quantitative estimate of drug-likeness (QED) is 0.755. The van der Waals surface area contributed by atoms with Gasteiger partial charge in [0.15, 0.2) is 11.6 Å². The average molecular weight is 255 g/mol. The van der Waals surface area contributed by atoms with Crippen LogP contribution in [-0.4, -0.2) is 44.6 Å². The van der Waals surface area contributed by atoms with E-state index in [0.717, 1.165) is 11.0 Å². The van der Waals surface area contributed by atoms with Crippen LogP contribution in [0, 0.1) is 5.82 Å². The first kappa shape index (κ1) is 14.0. The number of halogens is 1. The minimum Gasteiger partial charge on any atom is -0.494 e. The van der Waals surface area contributed by atoms with Crippen molar-refractivity contribution in [2.24, 2.45) is 0 Å². The molecule has 1 aromatic rings. The molecule has 1 rings (SSSR count). The molecule has 98 valence electrons. The summed E-state index contributed by atoms with van der Waals surface area (Å²) in [5.41, 5.74) is 0.139. The molecule has 0 N–H and O–H groups in total. The first-order chi connectivity index (χ1) is 8.49. The molecule has 0 fully saturated rings. The molecule has 0 radical (unpaired) electrons. The molecule has 18 heavy (non-hydrogen) atoms. The second-order valence-electron chi connectivity index (χ2n) is 3.59. The number of hydrogen-bond acceptors (Lipinski definition) is 4. The van der Waals surface area contributed by atoms with Crippen LogP contribution >= 0.6 is 0 Å². The Hall–Kier alpha value is -2.11. The fourth-order valence-corrected chi connectivity index (χ4v) is 1.35. The fraction of sp³-hybridized carbons (Fsp3) is 0.333. The van der Waals surface area contributed by atoms with Gasteiger partial charge in [0.2, 0.25) is 0 Å². The molecular weight excluding hydrogens is 241 g/mol. The molecule has 0 aromatic heterocycles. The minimum absolute atomic E-state index is 0.0576. The van der Waals surface area contributed by atoms with Gasteiger partial charge in [-0.1, -0.05) is 0 Å². The van der Waals surface area contributed by atoms with Crippen molar-refractivity contribution < 1.29 is 23.5 Å². The summed E-state index contributed by atoms with van der Waals surface area (Å²) in [6, 6.07) is 3.85. The van der Waals surface area contributed by atoms with E-state index in [4.69, 9.17) is 4.74 Å². The van der Waals surface area contributed by atoms with Gasteiger partial charge >= 0.3 is 5.97 Å². The van der Waals surface area contributed by atoms with Gasteiger partial charge in [-0.05, 0) is 18.2 Å². The largest absolute Gasteiger partial charge is 0.494 e. The Balaban J connectivity index is 2.84. The molecule has 0 saturated carbocycles. The van der Waals surface area contributed by atoms with Crippen LogP contribution < -0.4 is 4.74 Å². The number of methoxy groups -OCH3 is 2. The summed E-state index contributed by atoms with van der Waals surface area (Å²) in [4.78, 5) is 24.0. The van der Waals surface area contributed by atoms with Crippen LogP contribution in [0.15, 0.2) is 18.2 Å². The van der Waals surface area contributed by atoms with Crippen molar-refractivity contribution in [1.82, 2.24) is 4.90 Å². The molecule has 0 aliphatic rings. The Morgan fingerprint density at radius 1 is 1.33 bits per heavy atom. The second kappa shape index (κ2) is 6.00. The molecule has 0 unspecified atom stereocenters. The van der Waals surface area contributed by atoms with E-state index in [1.54, 1.807) is 0 Å². The molecule has 0 heterocycles. The van der Waals surface area contributed by atoms with Crippen molar-refractivity contribution in [3.63, 3.8) is 0 Å². The lowest BCUT2D eigenvalue weighted by atomic mass is 10.2. The van der Waals surface area contributed by atoms with Crippen LogP contribution in [0.3, 0.4) is 0 Å². The van der Waals surface area contributed by atoms with Gasteiger partial charge in [-0.15, -0.1) is 0 Å². The van der Waals surface area contributed by atoms with Crippen molar-refractivity contribution in [1.29, 1.82) is 0 Å². The highest BCUT2D eigenvalue weighted by atomic mass is 19.1. The van der Waals surface area contributed by atoms with E-state index >= 15 is 0 Å². The number of carbonyl (C=O) groups is 2. The molecule has 0 bridgehead atoms. The summed E-state index contributed by atoms with van der Waals surface area (Å²) in [5.74, 6) is -1.58. The lowest BCUT2D eigenvalue weighted by molar-refractivity contribution is -0.141. The van der Waals surface area contributed by atoms with Gasteiger partial charge < -0.3 is 14.4 Å². The van der Waals surface area contributed by atoms with E-state index in [1.807, 2.05) is 0 Å². The van der Waals surface area contributed by atoms with E-state index in [0.29, 0.717) is 0 Å². The summed E-state index contributed by atoms with van der Waals surface area (Å²) in [7, 11) is 4.00. The number of likely N-dealkylation sites (N-methyl/N-ethyl adjacent to an activating group) is 1. The molecule has 1 amide bonds. The number of ether oxygens (including phenoxy) is 2. The van der Waals surface area contributed by atoms with Gasteiger partial charge in [-0.3, -0.25) is 9.59 Å². The highest BCUT2D eigenvalue weighted by Crippen LogP contribution is 2.18. The van der Waals surface area contributed by atoms with E-state index in [2.05, 4.69) is 4.74 Å². The first-order valence-electron chi connectivity index (χ1n) is 5.15. The SMILES string of the molecule is COC(=O)CN(C)C(=O)c1ccc(OC)c(F)c1. The Kier molecular flexibility index (Phi) is 4.65. The maximum atomic E-state index is 13.4. The summed E-state index contributed by atoms with van der Waals surface area (Å²) >= 11 is 0. The molecule has 0 spiro atoms. The minimum atomic E-state index is -0.630. The standard InChI is InChI=1S/C12H14FNO4/c1-14(7-11(15)18-3)12(16)8-4-5-10(17-2)9(13)6-8/h4-6H,7H2,1-3H3. The maximum absolute atomic E-state index is 13.4. The Bertz CT molecular complexity index is 461. The van der Waals surface area contributed by atoms with Crippen molar-refractivity contribution in [3.05, 3.63) is 29.6 Å². The Morgan fingerprint density at radius 3 is 2.50 bits per heavy atom. The van der Waals surface area contributed by atoms with E-state index in [-0.39, 0.29) is 17.9 Å². The third-order valence-electron chi connectivity index (χ3n) is 2.34. The zero-order valence-corrected chi connectivity index (χ0v) is 10.4. The Morgan fingerprint density at radius 2 is 2.00 bits per heavy atom. The number of esters is 1. The molecular formula is C12H14FNO4. The van der Waals surface area contributed by atoms with Gasteiger partial charge in [0, 0.05) is 12.6 Å². The topological polar surface area (TPSA) is 55.8 Å². The van der Waals surface area contributed by atoms with Crippen molar-refractivity contribution in [3.8, 4) is 5.75 Å². The summed E-state index contributed by atoms with van der Waals surface area (Å²) in [5, 5.41) is 0.